The molecule has 0 spiro atoms. The van der Waals surface area contributed by atoms with Crippen molar-refractivity contribution in [1.29, 1.82) is 10.8 Å². The Bertz CT molecular complexity index is 3250. The van der Waals surface area contributed by atoms with Gasteiger partial charge in [-0.05, 0) is 119 Å². The van der Waals surface area contributed by atoms with Crippen molar-refractivity contribution in [2.75, 3.05) is 5.73 Å². The molecule has 5 nitrogen and oxygen atoms in total. The zero-order chi connectivity index (χ0) is 39.9. The molecule has 0 bridgehead atoms. The standard InChI is InChI=1S/C29H19N3.C25H18N2/c30-25-14-13-19(16-26(25)31)28-21-8-2-4-10-23(21)29(24-11-5-3-9-22(24)28)20-15-18-7-1-6-12-27(18)32-17-20;26-19-13-11-17(12-14-19)24-20-7-1-3-9-22(20)25(18-6-5-15-27-16-18)23-10-4-2-8-21(23)24/h1-17,30-31H;1-16H,26H2. The van der Waals surface area contributed by atoms with Gasteiger partial charge in [-0.2, -0.15) is 0 Å². The van der Waals surface area contributed by atoms with E-state index in [-0.39, 0.29) is 11.4 Å². The lowest BCUT2D eigenvalue weighted by Gasteiger charge is -2.19. The monoisotopic (exact) mass is 755 g/mol. The molecule has 10 aromatic rings. The topological polar surface area (TPSA) is 99.5 Å². The summed E-state index contributed by atoms with van der Waals surface area (Å²) in [7, 11) is 0. The Morgan fingerprint density at radius 1 is 0.407 bits per heavy atom. The number of aromatic nitrogens is 2. The minimum atomic E-state index is 0.235. The van der Waals surface area contributed by atoms with E-state index in [4.69, 9.17) is 21.5 Å². The molecule has 2 aromatic heterocycles. The maximum atomic E-state index is 8.18. The number of nitrogen functional groups attached to an aromatic ring is 1. The Morgan fingerprint density at radius 2 is 0.898 bits per heavy atom. The number of benzene rings is 8. The molecule has 11 rings (SSSR count). The molecule has 0 radical (unpaired) electrons. The van der Waals surface area contributed by atoms with Gasteiger partial charge in [-0.1, -0.05) is 140 Å². The maximum Gasteiger partial charge on any atom is 0.0795 e. The summed E-state index contributed by atoms with van der Waals surface area (Å²) in [6, 6.07) is 56.8. The van der Waals surface area contributed by atoms with Crippen LogP contribution in [0.2, 0.25) is 0 Å². The number of allylic oxidation sites excluding steroid dienone is 4. The van der Waals surface area contributed by atoms with Crippen molar-refractivity contribution in [3.05, 3.63) is 206 Å². The molecule has 0 unspecified atom stereocenters. The van der Waals surface area contributed by atoms with Gasteiger partial charge in [0.2, 0.25) is 0 Å². The molecule has 1 aliphatic rings. The van der Waals surface area contributed by atoms with Crippen molar-refractivity contribution in [3.63, 3.8) is 0 Å². The molecule has 0 saturated heterocycles. The molecule has 0 fully saturated rings. The van der Waals surface area contributed by atoms with E-state index in [9.17, 15) is 0 Å². The first-order chi connectivity index (χ1) is 29.0. The summed E-state index contributed by atoms with van der Waals surface area (Å²) in [4.78, 5) is 9.08. The van der Waals surface area contributed by atoms with Crippen LogP contribution in [0.25, 0.3) is 92.9 Å². The molecular formula is C54H37N5. The molecule has 1 aliphatic carbocycles. The van der Waals surface area contributed by atoms with E-state index in [0.717, 1.165) is 60.4 Å². The highest BCUT2D eigenvalue weighted by atomic mass is 14.6. The normalized spacial score (nSPS) is 12.6. The molecule has 278 valence electrons. The second-order valence-electron chi connectivity index (χ2n) is 14.7. The molecule has 0 saturated carbocycles. The van der Waals surface area contributed by atoms with Crippen LogP contribution in [0, 0.1) is 10.8 Å². The number of anilines is 1. The molecule has 0 amide bonds. The Hall–Kier alpha value is -8.02. The van der Waals surface area contributed by atoms with E-state index >= 15 is 0 Å². The van der Waals surface area contributed by atoms with Crippen LogP contribution in [0.15, 0.2) is 201 Å². The summed E-state index contributed by atoms with van der Waals surface area (Å²) >= 11 is 0. The van der Waals surface area contributed by atoms with Crippen LogP contribution < -0.4 is 5.73 Å². The number of hydrogen-bond donors (Lipinski definition) is 3. The van der Waals surface area contributed by atoms with Crippen molar-refractivity contribution < 1.29 is 0 Å². The summed E-state index contributed by atoms with van der Waals surface area (Å²) in [5.41, 5.74) is 17.3. The number of nitrogens with one attached hydrogen (secondary N) is 2. The molecule has 5 heteroatoms. The third-order valence-electron chi connectivity index (χ3n) is 11.2. The molecule has 0 atom stereocenters. The summed E-state index contributed by atoms with van der Waals surface area (Å²) in [5.74, 6) is 0. The van der Waals surface area contributed by atoms with Gasteiger partial charge in [0.25, 0.3) is 0 Å². The van der Waals surface area contributed by atoms with Crippen molar-refractivity contribution >= 4 is 76.7 Å². The van der Waals surface area contributed by atoms with Crippen LogP contribution in [0.1, 0.15) is 5.56 Å². The lowest BCUT2D eigenvalue weighted by Crippen LogP contribution is -2.10. The van der Waals surface area contributed by atoms with Crippen LogP contribution in [-0.4, -0.2) is 21.4 Å². The zero-order valence-corrected chi connectivity index (χ0v) is 32.0. The van der Waals surface area contributed by atoms with Gasteiger partial charge in [0, 0.05) is 40.8 Å². The summed E-state index contributed by atoms with van der Waals surface area (Å²) in [6.07, 6.45) is 11.2. The predicted octanol–water partition coefficient (Wildman–Crippen LogP) is 13.5. The van der Waals surface area contributed by atoms with Crippen molar-refractivity contribution in [3.8, 4) is 33.4 Å². The lowest BCUT2D eigenvalue weighted by atomic mass is 9.84. The first kappa shape index (κ1) is 35.4. The van der Waals surface area contributed by atoms with Gasteiger partial charge in [0.05, 0.1) is 16.9 Å². The maximum absolute atomic E-state index is 8.18. The first-order valence-electron chi connectivity index (χ1n) is 19.6. The third-order valence-corrected chi connectivity index (χ3v) is 11.2. The Labute approximate surface area is 341 Å². The van der Waals surface area contributed by atoms with E-state index in [1.54, 1.807) is 12.2 Å². The van der Waals surface area contributed by atoms with E-state index < -0.39 is 0 Å². The van der Waals surface area contributed by atoms with Crippen molar-refractivity contribution in [2.45, 2.75) is 0 Å². The molecule has 2 heterocycles. The van der Waals surface area contributed by atoms with Gasteiger partial charge in [-0.3, -0.25) is 20.8 Å². The van der Waals surface area contributed by atoms with Gasteiger partial charge >= 0.3 is 0 Å². The highest BCUT2D eigenvalue weighted by Crippen LogP contribution is 2.44. The van der Waals surface area contributed by atoms with Crippen LogP contribution in [0.3, 0.4) is 0 Å². The third kappa shape index (κ3) is 6.32. The van der Waals surface area contributed by atoms with E-state index in [1.165, 1.54) is 43.8 Å². The number of nitrogens with two attached hydrogens (primary N) is 1. The zero-order valence-electron chi connectivity index (χ0n) is 32.0. The average molecular weight is 756 g/mol. The van der Waals surface area contributed by atoms with Crippen molar-refractivity contribution in [2.24, 2.45) is 0 Å². The minimum absolute atomic E-state index is 0.235. The smallest absolute Gasteiger partial charge is 0.0795 e. The molecule has 4 N–H and O–H groups in total. The largest absolute Gasteiger partial charge is 0.399 e. The van der Waals surface area contributed by atoms with Crippen LogP contribution >= 0.6 is 0 Å². The second kappa shape index (κ2) is 14.8. The highest BCUT2D eigenvalue weighted by molar-refractivity contribution is 6.51. The first-order valence-corrected chi connectivity index (χ1v) is 19.6. The van der Waals surface area contributed by atoms with Gasteiger partial charge in [-0.15, -0.1) is 0 Å². The summed E-state index contributed by atoms with van der Waals surface area (Å²) < 4.78 is 0. The average Bonchev–Trinajstić information content (AvgIpc) is 3.29. The van der Waals surface area contributed by atoms with Crippen LogP contribution in [0.5, 0.6) is 0 Å². The molecular weight excluding hydrogens is 719 g/mol. The van der Waals surface area contributed by atoms with Gasteiger partial charge < -0.3 is 5.73 Å². The number of fused-ring (bicyclic) bond motifs is 5. The molecule has 8 aromatic carbocycles. The summed E-state index contributed by atoms with van der Waals surface area (Å²) in [5, 5.41) is 26.7. The second-order valence-corrected chi connectivity index (χ2v) is 14.7. The SMILES string of the molecule is N=C1C=CC(c2c3ccccc3c(-c3cnc4ccccc4c3)c3ccccc23)=CC1=N.Nc1ccc(-c2c3ccccc3c(-c3cccnc3)c3ccccc23)cc1. The molecule has 0 aliphatic heterocycles. The Morgan fingerprint density at radius 3 is 1.42 bits per heavy atom. The van der Waals surface area contributed by atoms with E-state index in [2.05, 4.69) is 132 Å². The Balaban J connectivity index is 0.000000145. The number of para-hydroxylation sites is 1. The predicted molar refractivity (Wildman–Crippen MR) is 249 cm³/mol. The lowest BCUT2D eigenvalue weighted by molar-refractivity contribution is 1.33. The van der Waals surface area contributed by atoms with Crippen molar-refractivity contribution in [1.82, 2.24) is 9.97 Å². The minimum Gasteiger partial charge on any atom is -0.399 e. The van der Waals surface area contributed by atoms with Gasteiger partial charge in [0.15, 0.2) is 0 Å². The highest BCUT2D eigenvalue weighted by Gasteiger charge is 2.20. The number of hydrogen-bond acceptors (Lipinski definition) is 5. The van der Waals surface area contributed by atoms with Gasteiger partial charge in [0.1, 0.15) is 0 Å². The number of pyridine rings is 2. The Kier molecular flexibility index (Phi) is 8.89. The fraction of sp³-hybridized carbons (Fsp3) is 0. The fourth-order valence-electron chi connectivity index (χ4n) is 8.57. The number of nitrogens with zero attached hydrogens (tertiary/aromatic N) is 2. The number of rotatable bonds is 4. The quantitative estimate of drug-likeness (QED) is 0.0947. The fourth-order valence-corrected chi connectivity index (χ4v) is 8.57. The van der Waals surface area contributed by atoms with Gasteiger partial charge in [-0.25, -0.2) is 0 Å². The summed E-state index contributed by atoms with van der Waals surface area (Å²) in [6.45, 7) is 0. The molecule has 59 heavy (non-hydrogen) atoms. The van der Waals surface area contributed by atoms with Crippen LogP contribution in [0.4, 0.5) is 5.69 Å². The van der Waals surface area contributed by atoms with Crippen LogP contribution in [-0.2, 0) is 0 Å². The van der Waals surface area contributed by atoms with E-state index in [0.29, 0.717) is 0 Å². The van der Waals surface area contributed by atoms with E-state index in [1.807, 2.05) is 61.1 Å².